The highest BCUT2D eigenvalue weighted by Crippen LogP contribution is 2.50. The van der Waals surface area contributed by atoms with Crippen LogP contribution in [0.1, 0.15) is 0 Å². The van der Waals surface area contributed by atoms with Crippen molar-refractivity contribution in [2.75, 3.05) is 4.90 Å². The lowest BCUT2D eigenvalue weighted by Crippen LogP contribution is -2.11. The summed E-state index contributed by atoms with van der Waals surface area (Å²) in [5, 5.41) is 11.5. The Bertz CT molecular complexity index is 3530. The zero-order valence-electron chi connectivity index (χ0n) is 30.8. The summed E-state index contributed by atoms with van der Waals surface area (Å²) in [7, 11) is 0. The second-order valence-corrected chi connectivity index (χ2v) is 14.8. The number of hydrogen-bond donors (Lipinski definition) is 0. The molecule has 57 heavy (non-hydrogen) atoms. The van der Waals surface area contributed by atoms with Gasteiger partial charge in [0.25, 0.3) is 0 Å². The Balaban J connectivity index is 1.18. The molecule has 2 heterocycles. The summed E-state index contributed by atoms with van der Waals surface area (Å²) >= 11 is 0. The second-order valence-electron chi connectivity index (χ2n) is 14.8. The van der Waals surface area contributed by atoms with Gasteiger partial charge in [-0.05, 0) is 79.8 Å². The van der Waals surface area contributed by atoms with E-state index in [0.29, 0.717) is 0 Å². The fourth-order valence-corrected chi connectivity index (χ4v) is 9.04. The SMILES string of the molecule is c1ccc(-c2cccc3c2oc2c(N(c4ccc5c(ccc6ccccc65)c4)c4ccc(-c5cccc6ccccc56)c5oc6ccccc6c45)cccc23)cc1. The standard InChI is InChI=1S/C54H33NO2/c1-2-13-35(14-3-1)42-21-11-23-44-45-24-12-25-49(53(45)57-52(42)44)55(38-29-30-41-37(33-38)28-27-36-16-5-6-18-39(36)41)48-32-31-46(43-22-10-17-34-15-4-7-19-40(34)43)54-51(48)47-20-8-9-26-50(47)56-54/h1-33H. The van der Waals surface area contributed by atoms with Crippen LogP contribution < -0.4 is 4.90 Å². The monoisotopic (exact) mass is 727 g/mol. The lowest BCUT2D eigenvalue weighted by atomic mass is 9.95. The van der Waals surface area contributed by atoms with Crippen molar-refractivity contribution >= 4 is 93.3 Å². The van der Waals surface area contributed by atoms with Crippen LogP contribution in [-0.2, 0) is 0 Å². The maximum absolute atomic E-state index is 7.10. The Kier molecular flexibility index (Phi) is 6.93. The van der Waals surface area contributed by atoms with Crippen LogP contribution in [0.25, 0.3) is 98.4 Å². The molecule has 0 aliphatic rings. The van der Waals surface area contributed by atoms with Gasteiger partial charge in [-0.15, -0.1) is 0 Å². The normalized spacial score (nSPS) is 11.9. The van der Waals surface area contributed by atoms with Crippen LogP contribution in [0.4, 0.5) is 17.1 Å². The fourth-order valence-electron chi connectivity index (χ4n) is 9.04. The predicted octanol–water partition coefficient (Wildman–Crippen LogP) is 15.7. The minimum Gasteiger partial charge on any atom is -0.455 e. The minimum atomic E-state index is 0.827. The van der Waals surface area contributed by atoms with Crippen molar-refractivity contribution in [1.82, 2.24) is 0 Å². The average molecular weight is 728 g/mol. The summed E-state index contributed by atoms with van der Waals surface area (Å²) in [6.45, 7) is 0. The molecule has 266 valence electrons. The van der Waals surface area contributed by atoms with Crippen molar-refractivity contribution in [3.63, 3.8) is 0 Å². The molecule has 0 amide bonds. The molecule has 3 heteroatoms. The molecule has 12 rings (SSSR count). The summed E-state index contributed by atoms with van der Waals surface area (Å²) in [6.07, 6.45) is 0. The molecule has 0 radical (unpaired) electrons. The number of anilines is 3. The number of hydrogen-bond acceptors (Lipinski definition) is 3. The van der Waals surface area contributed by atoms with Gasteiger partial charge in [0.2, 0.25) is 0 Å². The van der Waals surface area contributed by atoms with E-state index >= 15 is 0 Å². The van der Waals surface area contributed by atoms with Crippen molar-refractivity contribution in [1.29, 1.82) is 0 Å². The molecule has 0 N–H and O–H groups in total. The first-order valence-electron chi connectivity index (χ1n) is 19.4. The van der Waals surface area contributed by atoms with Crippen LogP contribution in [0.2, 0.25) is 0 Å². The maximum Gasteiger partial charge on any atom is 0.159 e. The molecule has 0 spiro atoms. The highest BCUT2D eigenvalue weighted by atomic mass is 16.3. The van der Waals surface area contributed by atoms with Crippen LogP contribution in [0, 0.1) is 0 Å². The van der Waals surface area contributed by atoms with E-state index in [2.05, 4.69) is 199 Å². The third-order valence-electron chi connectivity index (χ3n) is 11.6. The molecule has 0 atom stereocenters. The summed E-state index contributed by atoms with van der Waals surface area (Å²) in [4.78, 5) is 2.37. The molecule has 12 aromatic rings. The molecule has 0 fully saturated rings. The van der Waals surface area contributed by atoms with Crippen LogP contribution in [-0.4, -0.2) is 0 Å². The topological polar surface area (TPSA) is 29.5 Å². The van der Waals surface area contributed by atoms with E-state index in [1.54, 1.807) is 0 Å². The Labute approximate surface area is 328 Å². The summed E-state index contributed by atoms with van der Waals surface area (Å²) in [5.74, 6) is 0. The summed E-state index contributed by atoms with van der Waals surface area (Å²) in [6, 6.07) is 71.3. The van der Waals surface area contributed by atoms with Crippen LogP contribution >= 0.6 is 0 Å². The van der Waals surface area contributed by atoms with Gasteiger partial charge in [-0.25, -0.2) is 0 Å². The summed E-state index contributed by atoms with van der Waals surface area (Å²) < 4.78 is 14.0. The zero-order chi connectivity index (χ0) is 37.5. The Morgan fingerprint density at radius 2 is 0.947 bits per heavy atom. The van der Waals surface area contributed by atoms with Gasteiger partial charge in [0.05, 0.1) is 16.8 Å². The van der Waals surface area contributed by atoms with Crippen LogP contribution in [0.15, 0.2) is 209 Å². The quantitative estimate of drug-likeness (QED) is 0.165. The van der Waals surface area contributed by atoms with Gasteiger partial charge >= 0.3 is 0 Å². The highest BCUT2D eigenvalue weighted by molar-refractivity contribution is 6.21. The molecule has 0 aliphatic heterocycles. The number of rotatable bonds is 5. The van der Waals surface area contributed by atoms with Gasteiger partial charge in [-0.1, -0.05) is 164 Å². The third kappa shape index (κ3) is 4.86. The number of para-hydroxylation sites is 3. The van der Waals surface area contributed by atoms with E-state index in [-0.39, 0.29) is 0 Å². The molecular formula is C54H33NO2. The van der Waals surface area contributed by atoms with E-state index in [0.717, 1.165) is 83.2 Å². The molecule has 0 aliphatic carbocycles. The predicted molar refractivity (Wildman–Crippen MR) is 239 cm³/mol. The minimum absolute atomic E-state index is 0.827. The Morgan fingerprint density at radius 1 is 0.316 bits per heavy atom. The number of fused-ring (bicyclic) bond motifs is 10. The van der Waals surface area contributed by atoms with Crippen molar-refractivity contribution in [2.45, 2.75) is 0 Å². The fraction of sp³-hybridized carbons (Fsp3) is 0. The maximum atomic E-state index is 7.10. The van der Waals surface area contributed by atoms with E-state index in [1.807, 2.05) is 6.07 Å². The smallest absolute Gasteiger partial charge is 0.159 e. The van der Waals surface area contributed by atoms with Gasteiger partial charge in [-0.2, -0.15) is 0 Å². The molecule has 10 aromatic carbocycles. The molecule has 2 aromatic heterocycles. The van der Waals surface area contributed by atoms with Crippen LogP contribution in [0.3, 0.4) is 0 Å². The highest BCUT2D eigenvalue weighted by Gasteiger charge is 2.26. The lowest BCUT2D eigenvalue weighted by molar-refractivity contribution is 0.669. The first-order chi connectivity index (χ1) is 28.3. The van der Waals surface area contributed by atoms with E-state index in [9.17, 15) is 0 Å². The van der Waals surface area contributed by atoms with Crippen molar-refractivity contribution in [2.24, 2.45) is 0 Å². The number of nitrogens with zero attached hydrogens (tertiary/aromatic N) is 1. The van der Waals surface area contributed by atoms with Gasteiger partial charge in [0, 0.05) is 33.0 Å². The van der Waals surface area contributed by atoms with Gasteiger partial charge in [-0.3, -0.25) is 0 Å². The van der Waals surface area contributed by atoms with Crippen molar-refractivity contribution in [3.05, 3.63) is 200 Å². The van der Waals surface area contributed by atoms with E-state index in [4.69, 9.17) is 8.83 Å². The molecule has 0 bridgehead atoms. The third-order valence-corrected chi connectivity index (χ3v) is 11.6. The van der Waals surface area contributed by atoms with Gasteiger partial charge in [0.15, 0.2) is 5.58 Å². The van der Waals surface area contributed by atoms with Gasteiger partial charge < -0.3 is 13.7 Å². The lowest BCUT2D eigenvalue weighted by Gasteiger charge is -2.27. The largest absolute Gasteiger partial charge is 0.455 e. The molecule has 0 saturated heterocycles. The molecule has 0 saturated carbocycles. The van der Waals surface area contributed by atoms with E-state index < -0.39 is 0 Å². The first-order valence-corrected chi connectivity index (χ1v) is 19.4. The number of furan rings is 2. The van der Waals surface area contributed by atoms with Crippen molar-refractivity contribution in [3.8, 4) is 22.3 Å². The van der Waals surface area contributed by atoms with Gasteiger partial charge in [0.1, 0.15) is 16.7 Å². The Morgan fingerprint density at radius 3 is 1.82 bits per heavy atom. The Hall–Kier alpha value is -7.62. The summed E-state index contributed by atoms with van der Waals surface area (Å²) in [5.41, 5.74) is 10.8. The second kappa shape index (κ2) is 12.5. The average Bonchev–Trinajstić information content (AvgIpc) is 3.87. The van der Waals surface area contributed by atoms with Crippen LogP contribution in [0.5, 0.6) is 0 Å². The zero-order valence-corrected chi connectivity index (χ0v) is 30.8. The van der Waals surface area contributed by atoms with Crippen molar-refractivity contribution < 1.29 is 8.83 Å². The number of benzene rings is 10. The van der Waals surface area contributed by atoms with E-state index in [1.165, 1.54) is 32.3 Å². The molecule has 0 unspecified atom stereocenters. The molecule has 3 nitrogen and oxygen atoms in total. The molecular weight excluding hydrogens is 695 g/mol. The first kappa shape index (κ1) is 31.7.